The molecule has 0 aromatic rings. The fourth-order valence-electron chi connectivity index (χ4n) is 1.34. The van der Waals surface area contributed by atoms with Crippen molar-refractivity contribution in [3.05, 3.63) is 0 Å². The van der Waals surface area contributed by atoms with Crippen LogP contribution < -0.4 is 5.73 Å². The van der Waals surface area contributed by atoms with Gasteiger partial charge in [0.15, 0.2) is 0 Å². The Labute approximate surface area is 102 Å². The van der Waals surface area contributed by atoms with E-state index in [0.717, 1.165) is 13.0 Å². The maximum absolute atomic E-state index is 11.6. The van der Waals surface area contributed by atoms with E-state index in [2.05, 4.69) is 4.90 Å². The first-order valence-electron chi connectivity index (χ1n) is 5.71. The number of aliphatic carboxylic acids is 1. The van der Waals surface area contributed by atoms with Crippen LogP contribution in [-0.2, 0) is 9.59 Å². The number of hydrogen-bond donors (Lipinski definition) is 2. The van der Waals surface area contributed by atoms with Crippen molar-refractivity contribution in [2.45, 2.75) is 25.3 Å². The van der Waals surface area contributed by atoms with E-state index in [0.29, 0.717) is 6.54 Å². The van der Waals surface area contributed by atoms with Crippen LogP contribution in [0.4, 0.5) is 0 Å². The number of amides is 1. The second kappa shape index (κ2) is 8.03. The van der Waals surface area contributed by atoms with E-state index in [9.17, 15) is 9.59 Å². The average Bonchev–Trinajstić information content (AvgIpc) is 2.24. The minimum atomic E-state index is -1.06. The molecule has 6 heteroatoms. The van der Waals surface area contributed by atoms with Crippen molar-refractivity contribution in [3.63, 3.8) is 0 Å². The molecule has 0 bridgehead atoms. The molecular weight excluding hydrogens is 222 g/mol. The maximum atomic E-state index is 11.6. The second-order valence-electron chi connectivity index (χ2n) is 4.46. The Morgan fingerprint density at radius 3 is 2.29 bits per heavy atom. The van der Waals surface area contributed by atoms with Gasteiger partial charge in [-0.25, -0.2) is 0 Å². The number of carboxylic acids is 1. The Balaban J connectivity index is 3.78. The highest BCUT2D eigenvalue weighted by molar-refractivity contribution is 5.78. The number of rotatable bonds is 8. The molecule has 0 rings (SSSR count). The van der Waals surface area contributed by atoms with Crippen molar-refractivity contribution in [3.8, 4) is 0 Å². The molecule has 0 aliphatic rings. The average molecular weight is 245 g/mol. The van der Waals surface area contributed by atoms with Gasteiger partial charge in [-0.2, -0.15) is 0 Å². The molecule has 1 amide bonds. The highest BCUT2D eigenvalue weighted by Gasteiger charge is 2.15. The largest absolute Gasteiger partial charge is 0.480 e. The van der Waals surface area contributed by atoms with Crippen LogP contribution in [0, 0.1) is 0 Å². The SMILES string of the molecule is CN(C)CCCN(C)C(=O)CCC(N)C(=O)O. The molecule has 17 heavy (non-hydrogen) atoms. The van der Waals surface area contributed by atoms with Gasteiger partial charge in [-0.05, 0) is 33.5 Å². The minimum absolute atomic E-state index is 0.0551. The molecule has 0 saturated carbocycles. The van der Waals surface area contributed by atoms with Crippen molar-refractivity contribution in [2.24, 2.45) is 5.73 Å². The molecule has 6 nitrogen and oxygen atoms in total. The van der Waals surface area contributed by atoms with Crippen LogP contribution in [0.15, 0.2) is 0 Å². The van der Waals surface area contributed by atoms with Gasteiger partial charge in [-0.3, -0.25) is 9.59 Å². The summed E-state index contributed by atoms with van der Waals surface area (Å²) in [6.07, 6.45) is 1.28. The van der Waals surface area contributed by atoms with E-state index in [1.54, 1.807) is 11.9 Å². The van der Waals surface area contributed by atoms with E-state index in [-0.39, 0.29) is 18.7 Å². The van der Waals surface area contributed by atoms with E-state index >= 15 is 0 Å². The summed E-state index contributed by atoms with van der Waals surface area (Å²) in [6.45, 7) is 1.60. The standard InChI is InChI=1S/C11H23N3O3/c1-13(2)7-4-8-14(3)10(15)6-5-9(12)11(16)17/h9H,4-8,12H2,1-3H3,(H,16,17). The van der Waals surface area contributed by atoms with Crippen LogP contribution >= 0.6 is 0 Å². The van der Waals surface area contributed by atoms with Crippen molar-refractivity contribution in [1.82, 2.24) is 9.80 Å². The van der Waals surface area contributed by atoms with Crippen LogP contribution in [0.1, 0.15) is 19.3 Å². The Bertz CT molecular complexity index is 256. The first-order valence-corrected chi connectivity index (χ1v) is 5.71. The number of carbonyl (C=O) groups is 2. The van der Waals surface area contributed by atoms with E-state index in [1.807, 2.05) is 14.1 Å². The molecule has 1 unspecified atom stereocenters. The predicted octanol–water partition coefficient (Wildman–Crippen LogP) is -0.411. The quantitative estimate of drug-likeness (QED) is 0.607. The molecule has 0 aromatic heterocycles. The Morgan fingerprint density at radius 1 is 1.24 bits per heavy atom. The third kappa shape index (κ3) is 7.70. The summed E-state index contributed by atoms with van der Waals surface area (Å²) >= 11 is 0. The lowest BCUT2D eigenvalue weighted by atomic mass is 10.1. The zero-order chi connectivity index (χ0) is 13.4. The summed E-state index contributed by atoms with van der Waals surface area (Å²) in [5.41, 5.74) is 5.33. The number of hydrogen-bond acceptors (Lipinski definition) is 4. The highest BCUT2D eigenvalue weighted by Crippen LogP contribution is 2.00. The van der Waals surface area contributed by atoms with E-state index < -0.39 is 12.0 Å². The fourth-order valence-corrected chi connectivity index (χ4v) is 1.34. The highest BCUT2D eigenvalue weighted by atomic mass is 16.4. The lowest BCUT2D eigenvalue weighted by Gasteiger charge is -2.19. The summed E-state index contributed by atoms with van der Waals surface area (Å²) in [4.78, 5) is 25.8. The van der Waals surface area contributed by atoms with Gasteiger partial charge in [0.25, 0.3) is 0 Å². The molecule has 1 atom stereocenters. The lowest BCUT2D eigenvalue weighted by molar-refractivity contribution is -0.139. The second-order valence-corrected chi connectivity index (χ2v) is 4.46. The van der Waals surface area contributed by atoms with Gasteiger partial charge >= 0.3 is 5.97 Å². The molecule has 3 N–H and O–H groups in total. The molecule has 0 saturated heterocycles. The van der Waals surface area contributed by atoms with Crippen LogP contribution in [-0.4, -0.2) is 67.1 Å². The first-order chi connectivity index (χ1) is 7.84. The molecule has 0 spiro atoms. The Morgan fingerprint density at radius 2 is 1.82 bits per heavy atom. The van der Waals surface area contributed by atoms with Gasteiger partial charge in [0, 0.05) is 20.0 Å². The van der Waals surface area contributed by atoms with Gasteiger partial charge in [0.2, 0.25) is 5.91 Å². The van der Waals surface area contributed by atoms with Crippen LogP contribution in [0.25, 0.3) is 0 Å². The predicted molar refractivity (Wildman–Crippen MR) is 65.7 cm³/mol. The van der Waals surface area contributed by atoms with Crippen LogP contribution in [0.2, 0.25) is 0 Å². The third-order valence-corrected chi connectivity index (χ3v) is 2.51. The van der Waals surface area contributed by atoms with Crippen molar-refractivity contribution in [1.29, 1.82) is 0 Å². The normalized spacial score (nSPS) is 12.5. The molecule has 0 aromatic carbocycles. The number of carbonyl (C=O) groups excluding carboxylic acids is 1. The smallest absolute Gasteiger partial charge is 0.320 e. The monoisotopic (exact) mass is 245 g/mol. The number of carboxylic acid groups (broad SMARTS) is 1. The molecule has 0 heterocycles. The van der Waals surface area contributed by atoms with Gasteiger partial charge in [-0.15, -0.1) is 0 Å². The number of nitrogens with two attached hydrogens (primary N) is 1. The van der Waals surface area contributed by atoms with Gasteiger partial charge in [0.05, 0.1) is 0 Å². The molecular formula is C11H23N3O3. The Hall–Kier alpha value is -1.14. The lowest BCUT2D eigenvalue weighted by Crippen LogP contribution is -2.34. The summed E-state index contributed by atoms with van der Waals surface area (Å²) in [6, 6.07) is -0.950. The molecule has 0 fully saturated rings. The number of nitrogens with zero attached hydrogens (tertiary/aromatic N) is 2. The zero-order valence-corrected chi connectivity index (χ0v) is 10.8. The van der Waals surface area contributed by atoms with E-state index in [1.165, 1.54) is 0 Å². The van der Waals surface area contributed by atoms with Gasteiger partial charge in [-0.1, -0.05) is 0 Å². The molecule has 0 radical (unpaired) electrons. The van der Waals surface area contributed by atoms with Crippen LogP contribution in [0.3, 0.4) is 0 Å². The van der Waals surface area contributed by atoms with Crippen LogP contribution in [0.5, 0.6) is 0 Å². The Kier molecular flexibility index (Phi) is 7.49. The topological polar surface area (TPSA) is 86.9 Å². The first kappa shape index (κ1) is 15.9. The maximum Gasteiger partial charge on any atom is 0.320 e. The summed E-state index contributed by atoms with van der Waals surface area (Å²) in [5, 5.41) is 8.58. The van der Waals surface area contributed by atoms with Gasteiger partial charge < -0.3 is 20.6 Å². The van der Waals surface area contributed by atoms with Gasteiger partial charge in [0.1, 0.15) is 6.04 Å². The molecule has 100 valence electrons. The van der Waals surface area contributed by atoms with Crippen molar-refractivity contribution >= 4 is 11.9 Å². The van der Waals surface area contributed by atoms with Crippen molar-refractivity contribution < 1.29 is 14.7 Å². The van der Waals surface area contributed by atoms with E-state index in [4.69, 9.17) is 10.8 Å². The summed E-state index contributed by atoms with van der Waals surface area (Å²) in [7, 11) is 5.69. The van der Waals surface area contributed by atoms with Crippen molar-refractivity contribution in [2.75, 3.05) is 34.2 Å². The molecule has 0 aliphatic carbocycles. The summed E-state index contributed by atoms with van der Waals surface area (Å²) < 4.78 is 0. The third-order valence-electron chi connectivity index (χ3n) is 2.51. The molecule has 0 aliphatic heterocycles. The summed E-state index contributed by atoms with van der Waals surface area (Å²) in [5.74, 6) is -1.12. The minimum Gasteiger partial charge on any atom is -0.480 e. The fraction of sp³-hybridized carbons (Fsp3) is 0.818. The zero-order valence-electron chi connectivity index (χ0n) is 10.8.